The molecular formula is C16H17ClN2O2. The van der Waals surface area contributed by atoms with Crippen LogP contribution in [0, 0.1) is 0 Å². The molecule has 0 saturated heterocycles. The van der Waals surface area contributed by atoms with Gasteiger partial charge in [0.15, 0.2) is 0 Å². The molecule has 0 radical (unpaired) electrons. The molecule has 0 saturated carbocycles. The number of halogens is 1. The van der Waals surface area contributed by atoms with Gasteiger partial charge in [0.1, 0.15) is 0 Å². The van der Waals surface area contributed by atoms with Crippen molar-refractivity contribution >= 4 is 28.9 Å². The molecule has 3 N–H and O–H groups in total. The molecule has 2 aromatic carbocycles. The Labute approximate surface area is 128 Å². The Bertz CT molecular complexity index is 631. The van der Waals surface area contributed by atoms with Gasteiger partial charge in [-0.2, -0.15) is 0 Å². The molecule has 4 nitrogen and oxygen atoms in total. The lowest BCUT2D eigenvalue weighted by molar-refractivity contribution is -0.136. The Morgan fingerprint density at radius 3 is 2.62 bits per heavy atom. The molecule has 0 bridgehead atoms. The second-order valence-electron chi connectivity index (χ2n) is 4.75. The van der Waals surface area contributed by atoms with Gasteiger partial charge in [0.25, 0.3) is 0 Å². The summed E-state index contributed by atoms with van der Waals surface area (Å²) in [5.41, 5.74) is 8.47. The number of nitrogen functional groups attached to an aromatic ring is 1. The molecule has 0 fully saturated rings. The highest BCUT2D eigenvalue weighted by molar-refractivity contribution is 6.30. The third kappa shape index (κ3) is 4.39. The molecule has 0 aliphatic carbocycles. The van der Waals surface area contributed by atoms with Crippen LogP contribution in [0.15, 0.2) is 48.5 Å². The maximum Gasteiger partial charge on any atom is 0.305 e. The van der Waals surface area contributed by atoms with Crippen LogP contribution in [0.2, 0.25) is 5.02 Å². The van der Waals surface area contributed by atoms with Crippen molar-refractivity contribution in [2.75, 3.05) is 17.2 Å². The van der Waals surface area contributed by atoms with Crippen molar-refractivity contribution < 1.29 is 9.90 Å². The van der Waals surface area contributed by atoms with E-state index in [0.29, 0.717) is 23.8 Å². The first-order valence-electron chi connectivity index (χ1n) is 6.62. The van der Waals surface area contributed by atoms with E-state index < -0.39 is 5.97 Å². The van der Waals surface area contributed by atoms with Gasteiger partial charge in [-0.05, 0) is 29.8 Å². The molecule has 0 unspecified atom stereocenters. The second-order valence-corrected chi connectivity index (χ2v) is 5.19. The van der Waals surface area contributed by atoms with E-state index in [1.54, 1.807) is 6.07 Å². The Kier molecular flexibility index (Phi) is 5.06. The minimum absolute atomic E-state index is 0.0505. The molecule has 0 aliphatic heterocycles. The summed E-state index contributed by atoms with van der Waals surface area (Å²) in [6.45, 7) is 0.943. The highest BCUT2D eigenvalue weighted by Gasteiger charge is 2.12. The van der Waals surface area contributed by atoms with E-state index in [0.717, 1.165) is 11.3 Å². The van der Waals surface area contributed by atoms with Crippen molar-refractivity contribution in [2.24, 2.45) is 0 Å². The topological polar surface area (TPSA) is 66.6 Å². The molecule has 21 heavy (non-hydrogen) atoms. The van der Waals surface area contributed by atoms with Gasteiger partial charge >= 0.3 is 5.97 Å². The molecule has 0 aliphatic rings. The van der Waals surface area contributed by atoms with E-state index in [9.17, 15) is 4.79 Å². The van der Waals surface area contributed by atoms with Crippen LogP contribution >= 0.6 is 11.6 Å². The lowest BCUT2D eigenvalue weighted by Crippen LogP contribution is -2.26. The fourth-order valence-corrected chi connectivity index (χ4v) is 2.36. The Balaban J connectivity index is 2.23. The summed E-state index contributed by atoms with van der Waals surface area (Å²) < 4.78 is 0. The SMILES string of the molecule is Nc1ccccc1N(CCC(=O)O)Cc1cccc(Cl)c1. The van der Waals surface area contributed by atoms with E-state index in [2.05, 4.69) is 0 Å². The van der Waals surface area contributed by atoms with Gasteiger partial charge in [-0.25, -0.2) is 0 Å². The number of carbonyl (C=O) groups is 1. The molecule has 0 aromatic heterocycles. The number of nitrogens with two attached hydrogens (primary N) is 1. The van der Waals surface area contributed by atoms with Gasteiger partial charge in [0.2, 0.25) is 0 Å². The number of anilines is 2. The first-order chi connectivity index (χ1) is 10.1. The highest BCUT2D eigenvalue weighted by atomic mass is 35.5. The lowest BCUT2D eigenvalue weighted by atomic mass is 10.1. The van der Waals surface area contributed by atoms with Crippen molar-refractivity contribution in [3.05, 3.63) is 59.1 Å². The van der Waals surface area contributed by atoms with Gasteiger partial charge in [-0.1, -0.05) is 35.9 Å². The standard InChI is InChI=1S/C16H17ClN2O2/c17-13-5-3-4-12(10-13)11-19(9-8-16(20)21)15-7-2-1-6-14(15)18/h1-7,10H,8-9,11,18H2,(H,20,21). The quantitative estimate of drug-likeness (QED) is 0.803. The van der Waals surface area contributed by atoms with E-state index in [4.69, 9.17) is 22.4 Å². The smallest absolute Gasteiger partial charge is 0.305 e. The Morgan fingerprint density at radius 1 is 1.19 bits per heavy atom. The van der Waals surface area contributed by atoms with Crippen LogP contribution in [0.3, 0.4) is 0 Å². The molecule has 5 heteroatoms. The summed E-state index contributed by atoms with van der Waals surface area (Å²) in [4.78, 5) is 12.8. The summed E-state index contributed by atoms with van der Waals surface area (Å²) in [6, 6.07) is 15.0. The minimum atomic E-state index is -0.833. The predicted octanol–water partition coefficient (Wildman–Crippen LogP) is 3.40. The van der Waals surface area contributed by atoms with E-state index >= 15 is 0 Å². The first-order valence-corrected chi connectivity index (χ1v) is 7.00. The van der Waals surface area contributed by atoms with Gasteiger partial charge in [0, 0.05) is 18.1 Å². The number of hydrogen-bond acceptors (Lipinski definition) is 3. The summed E-state index contributed by atoms with van der Waals surface area (Å²) in [5.74, 6) is -0.833. The van der Waals surface area contributed by atoms with E-state index in [1.807, 2.05) is 47.4 Å². The molecule has 0 heterocycles. The zero-order valence-corrected chi connectivity index (χ0v) is 12.3. The fraction of sp³-hybridized carbons (Fsp3) is 0.188. The average Bonchev–Trinajstić information content (AvgIpc) is 2.44. The van der Waals surface area contributed by atoms with Crippen molar-refractivity contribution in [1.82, 2.24) is 0 Å². The molecule has 2 rings (SSSR count). The van der Waals surface area contributed by atoms with Crippen molar-refractivity contribution in [2.45, 2.75) is 13.0 Å². The summed E-state index contributed by atoms with van der Waals surface area (Å²) in [6.07, 6.45) is 0.0505. The number of rotatable bonds is 6. The number of hydrogen-bond donors (Lipinski definition) is 2. The minimum Gasteiger partial charge on any atom is -0.481 e. The van der Waals surface area contributed by atoms with Crippen LogP contribution in [0.4, 0.5) is 11.4 Å². The van der Waals surface area contributed by atoms with Gasteiger partial charge < -0.3 is 15.7 Å². The first kappa shape index (κ1) is 15.2. The van der Waals surface area contributed by atoms with Crippen LogP contribution < -0.4 is 10.6 Å². The zero-order valence-electron chi connectivity index (χ0n) is 11.5. The van der Waals surface area contributed by atoms with Crippen molar-refractivity contribution in [3.8, 4) is 0 Å². The third-order valence-electron chi connectivity index (χ3n) is 3.14. The number of aliphatic carboxylic acids is 1. The highest BCUT2D eigenvalue weighted by Crippen LogP contribution is 2.25. The normalized spacial score (nSPS) is 10.3. The lowest BCUT2D eigenvalue weighted by Gasteiger charge is -2.25. The zero-order chi connectivity index (χ0) is 15.2. The molecule has 2 aromatic rings. The van der Waals surface area contributed by atoms with Crippen LogP contribution in [0.25, 0.3) is 0 Å². The van der Waals surface area contributed by atoms with E-state index in [-0.39, 0.29) is 6.42 Å². The molecule has 0 atom stereocenters. The van der Waals surface area contributed by atoms with Crippen molar-refractivity contribution in [3.63, 3.8) is 0 Å². The van der Waals surface area contributed by atoms with E-state index in [1.165, 1.54) is 0 Å². The third-order valence-corrected chi connectivity index (χ3v) is 3.37. The van der Waals surface area contributed by atoms with Gasteiger partial charge in [0.05, 0.1) is 17.8 Å². The Morgan fingerprint density at radius 2 is 1.95 bits per heavy atom. The van der Waals surface area contributed by atoms with Crippen LogP contribution in [-0.4, -0.2) is 17.6 Å². The predicted molar refractivity (Wildman–Crippen MR) is 85.6 cm³/mol. The summed E-state index contributed by atoms with van der Waals surface area (Å²) in [5, 5.41) is 9.57. The summed E-state index contributed by atoms with van der Waals surface area (Å²) in [7, 11) is 0. The number of carboxylic acid groups (broad SMARTS) is 1. The number of benzene rings is 2. The van der Waals surface area contributed by atoms with Crippen LogP contribution in [0.1, 0.15) is 12.0 Å². The van der Waals surface area contributed by atoms with Crippen molar-refractivity contribution in [1.29, 1.82) is 0 Å². The molecule has 110 valence electrons. The Hall–Kier alpha value is -2.20. The second kappa shape index (κ2) is 6.99. The largest absolute Gasteiger partial charge is 0.481 e. The van der Waals surface area contributed by atoms with Crippen LogP contribution in [-0.2, 0) is 11.3 Å². The number of nitrogens with zero attached hydrogens (tertiary/aromatic N) is 1. The maximum absolute atomic E-state index is 10.8. The maximum atomic E-state index is 10.8. The van der Waals surface area contributed by atoms with Crippen LogP contribution in [0.5, 0.6) is 0 Å². The number of para-hydroxylation sites is 2. The number of carboxylic acids is 1. The molecule has 0 spiro atoms. The monoisotopic (exact) mass is 304 g/mol. The van der Waals surface area contributed by atoms with Gasteiger partial charge in [-0.3, -0.25) is 4.79 Å². The molecular weight excluding hydrogens is 288 g/mol. The summed E-state index contributed by atoms with van der Waals surface area (Å²) >= 11 is 6.00. The molecule has 0 amide bonds. The van der Waals surface area contributed by atoms with Gasteiger partial charge in [-0.15, -0.1) is 0 Å². The average molecular weight is 305 g/mol. The fourth-order valence-electron chi connectivity index (χ4n) is 2.15.